The minimum Gasteiger partial charge on any atom is -0.396 e. The zero-order chi connectivity index (χ0) is 16.8. The van der Waals surface area contributed by atoms with Gasteiger partial charge in [-0.1, -0.05) is 70.6 Å². The maximum atomic E-state index is 8.79. The number of rotatable bonds is 15. The average molecular weight is 598 g/mol. The van der Waals surface area contributed by atoms with Crippen LogP contribution in [-0.4, -0.2) is 58.1 Å². The highest BCUT2D eigenvalue weighted by Crippen LogP contribution is 2.42. The van der Waals surface area contributed by atoms with E-state index in [0.717, 1.165) is 10.7 Å². The standard InChI is InChI=1S/C12H23Br4O5P/c1-2-12(18-5-3-4-17)21-22(19-8-10(15)6-13)20-9-11(16)7-14/h10-12,17H,2-9H2,1H3. The maximum Gasteiger partial charge on any atom is 0.335 e. The average Bonchev–Trinajstić information content (AvgIpc) is 2.55. The number of halogens is 4. The summed E-state index contributed by atoms with van der Waals surface area (Å²) in [6, 6.07) is 0. The molecule has 134 valence electrons. The summed E-state index contributed by atoms with van der Waals surface area (Å²) in [6.45, 7) is 3.47. The molecule has 5 nitrogen and oxygen atoms in total. The highest BCUT2D eigenvalue weighted by atomic mass is 79.9. The minimum absolute atomic E-state index is 0.102. The lowest BCUT2D eigenvalue weighted by atomic mass is 10.4. The molecule has 0 saturated heterocycles. The molecule has 0 aliphatic heterocycles. The van der Waals surface area contributed by atoms with E-state index in [1.165, 1.54) is 0 Å². The van der Waals surface area contributed by atoms with Crippen LogP contribution in [0.4, 0.5) is 0 Å². The van der Waals surface area contributed by atoms with Crippen LogP contribution in [0.1, 0.15) is 19.8 Å². The van der Waals surface area contributed by atoms with E-state index >= 15 is 0 Å². The quantitative estimate of drug-likeness (QED) is 0.128. The van der Waals surface area contributed by atoms with E-state index in [1.807, 2.05) is 6.92 Å². The fraction of sp³-hybridized carbons (Fsp3) is 1.00. The van der Waals surface area contributed by atoms with Gasteiger partial charge in [0, 0.05) is 26.9 Å². The summed E-state index contributed by atoms with van der Waals surface area (Å²) in [7, 11) is -1.49. The van der Waals surface area contributed by atoms with Crippen LogP contribution in [0.15, 0.2) is 0 Å². The maximum absolute atomic E-state index is 8.79. The molecule has 0 aromatic rings. The van der Waals surface area contributed by atoms with Gasteiger partial charge in [0.1, 0.15) is 0 Å². The number of ether oxygens (including phenoxy) is 1. The Morgan fingerprint density at radius 1 is 1.05 bits per heavy atom. The highest BCUT2D eigenvalue weighted by molar-refractivity contribution is 9.12. The molecule has 0 radical (unpaired) electrons. The lowest BCUT2D eigenvalue weighted by Crippen LogP contribution is -2.19. The van der Waals surface area contributed by atoms with Crippen molar-refractivity contribution in [1.82, 2.24) is 0 Å². The van der Waals surface area contributed by atoms with Gasteiger partial charge < -0.3 is 18.9 Å². The van der Waals surface area contributed by atoms with Crippen LogP contribution in [0, 0.1) is 0 Å². The van der Waals surface area contributed by atoms with Gasteiger partial charge in [0.05, 0.1) is 19.8 Å². The fourth-order valence-corrected chi connectivity index (χ4v) is 3.32. The first kappa shape index (κ1) is 24.1. The number of aliphatic hydroxyl groups excluding tert-OH is 1. The Labute approximate surface area is 167 Å². The van der Waals surface area contributed by atoms with E-state index in [9.17, 15) is 0 Å². The monoisotopic (exact) mass is 594 g/mol. The number of hydrogen-bond donors (Lipinski definition) is 1. The van der Waals surface area contributed by atoms with Crippen molar-refractivity contribution in [3.05, 3.63) is 0 Å². The van der Waals surface area contributed by atoms with E-state index in [0.29, 0.717) is 32.7 Å². The molecule has 0 aromatic heterocycles. The summed E-state index contributed by atoms with van der Waals surface area (Å²) < 4.78 is 22.8. The van der Waals surface area contributed by atoms with Crippen LogP contribution in [0.2, 0.25) is 0 Å². The number of aliphatic hydroxyl groups is 1. The van der Waals surface area contributed by atoms with Crippen molar-refractivity contribution < 1.29 is 23.4 Å². The topological polar surface area (TPSA) is 57.2 Å². The predicted octanol–water partition coefficient (Wildman–Crippen LogP) is 4.72. The molecule has 0 bridgehead atoms. The largest absolute Gasteiger partial charge is 0.396 e. The zero-order valence-electron chi connectivity index (χ0n) is 12.4. The Balaban J connectivity index is 4.32. The zero-order valence-corrected chi connectivity index (χ0v) is 19.7. The Bertz CT molecular complexity index is 242. The molecule has 0 spiro atoms. The van der Waals surface area contributed by atoms with Gasteiger partial charge in [-0.25, -0.2) is 0 Å². The Kier molecular flexibility index (Phi) is 18.2. The summed E-state index contributed by atoms with van der Waals surface area (Å²) in [6.07, 6.45) is 0.872. The molecule has 0 rings (SSSR count). The Morgan fingerprint density at radius 2 is 1.59 bits per heavy atom. The first-order valence-corrected chi connectivity index (χ1v) is 12.1. The van der Waals surface area contributed by atoms with E-state index in [2.05, 4.69) is 63.7 Å². The van der Waals surface area contributed by atoms with Crippen molar-refractivity contribution >= 4 is 72.3 Å². The molecule has 0 heterocycles. The molecule has 3 unspecified atom stereocenters. The first-order chi connectivity index (χ1) is 10.6. The third kappa shape index (κ3) is 13.4. The second-order valence-electron chi connectivity index (χ2n) is 4.21. The smallest absolute Gasteiger partial charge is 0.335 e. The second-order valence-corrected chi connectivity index (χ2v) is 9.27. The van der Waals surface area contributed by atoms with Gasteiger partial charge in [0.25, 0.3) is 0 Å². The molecule has 0 aliphatic rings. The molecule has 0 saturated carbocycles. The molecule has 10 heteroatoms. The normalized spacial score (nSPS) is 17.2. The molecule has 0 aliphatic carbocycles. The highest BCUT2D eigenvalue weighted by Gasteiger charge is 2.21. The predicted molar refractivity (Wildman–Crippen MR) is 105 cm³/mol. The lowest BCUT2D eigenvalue weighted by molar-refractivity contribution is -0.0934. The summed E-state index contributed by atoms with van der Waals surface area (Å²) in [4.78, 5) is 0.382. The molecule has 22 heavy (non-hydrogen) atoms. The van der Waals surface area contributed by atoms with Crippen LogP contribution in [0.3, 0.4) is 0 Å². The number of hydrogen-bond acceptors (Lipinski definition) is 5. The molecule has 0 amide bonds. The molecule has 0 fully saturated rings. The van der Waals surface area contributed by atoms with E-state index in [1.54, 1.807) is 0 Å². The molecular formula is C12H23Br4O5P. The number of alkyl halides is 4. The SMILES string of the molecule is CCC(OCCCO)OP(OCC(Br)CBr)OCC(Br)CBr. The van der Waals surface area contributed by atoms with E-state index in [4.69, 9.17) is 23.4 Å². The van der Waals surface area contributed by atoms with Crippen molar-refractivity contribution in [3.63, 3.8) is 0 Å². The van der Waals surface area contributed by atoms with Gasteiger partial charge in [0.2, 0.25) is 0 Å². The summed E-state index contributed by atoms with van der Waals surface area (Å²) >= 11 is 13.7. The Hall–Kier alpha value is 2.15. The second kappa shape index (κ2) is 16.6. The Morgan fingerprint density at radius 3 is 2.00 bits per heavy atom. The first-order valence-electron chi connectivity index (χ1n) is 6.92. The molecule has 1 N–H and O–H groups in total. The molecule has 0 aromatic carbocycles. The van der Waals surface area contributed by atoms with Gasteiger partial charge in [0.15, 0.2) is 6.29 Å². The van der Waals surface area contributed by atoms with Gasteiger partial charge in [-0.05, 0) is 12.8 Å². The molecule has 3 atom stereocenters. The van der Waals surface area contributed by atoms with Crippen LogP contribution < -0.4 is 0 Å². The van der Waals surface area contributed by atoms with Gasteiger partial charge in [-0.3, -0.25) is 4.52 Å². The third-order valence-electron chi connectivity index (χ3n) is 2.20. The van der Waals surface area contributed by atoms with Crippen LogP contribution in [-0.2, 0) is 18.3 Å². The summed E-state index contributed by atoms with van der Waals surface area (Å²) in [5, 5.41) is 10.4. The summed E-state index contributed by atoms with van der Waals surface area (Å²) in [5.41, 5.74) is 0. The van der Waals surface area contributed by atoms with Crippen molar-refractivity contribution in [2.45, 2.75) is 35.7 Å². The lowest BCUT2D eigenvalue weighted by Gasteiger charge is -2.23. The van der Waals surface area contributed by atoms with Gasteiger partial charge >= 0.3 is 8.60 Å². The van der Waals surface area contributed by atoms with Crippen molar-refractivity contribution in [2.24, 2.45) is 0 Å². The van der Waals surface area contributed by atoms with Gasteiger partial charge in [-0.2, -0.15) is 0 Å². The van der Waals surface area contributed by atoms with E-state index < -0.39 is 14.9 Å². The third-order valence-corrected chi connectivity index (χ3v) is 7.80. The van der Waals surface area contributed by atoms with Crippen LogP contribution >= 0.6 is 72.3 Å². The fourth-order valence-electron chi connectivity index (χ4n) is 1.07. The van der Waals surface area contributed by atoms with Crippen molar-refractivity contribution in [3.8, 4) is 0 Å². The van der Waals surface area contributed by atoms with Gasteiger partial charge in [-0.15, -0.1) is 0 Å². The van der Waals surface area contributed by atoms with Crippen molar-refractivity contribution in [2.75, 3.05) is 37.1 Å². The summed E-state index contributed by atoms with van der Waals surface area (Å²) in [5.74, 6) is 0. The minimum atomic E-state index is -1.49. The van der Waals surface area contributed by atoms with Crippen molar-refractivity contribution in [1.29, 1.82) is 0 Å². The van der Waals surface area contributed by atoms with E-state index in [-0.39, 0.29) is 16.3 Å². The van der Waals surface area contributed by atoms with Crippen LogP contribution in [0.25, 0.3) is 0 Å². The van der Waals surface area contributed by atoms with Crippen LogP contribution in [0.5, 0.6) is 0 Å². The molecular weight excluding hydrogens is 575 g/mol.